The number of hydrogen-bond donors (Lipinski definition) is 2. The maximum Gasteiger partial charge on any atom is 0.265 e. The van der Waals surface area contributed by atoms with Crippen LogP contribution >= 0.6 is 35.7 Å². The van der Waals surface area contributed by atoms with Crippen molar-refractivity contribution in [3.8, 4) is 0 Å². The first-order valence-corrected chi connectivity index (χ1v) is 9.72. The van der Waals surface area contributed by atoms with Crippen molar-refractivity contribution in [3.05, 3.63) is 40.3 Å². The highest BCUT2D eigenvalue weighted by atomic mass is 32.2. The zero-order valence-electron chi connectivity index (χ0n) is 12.9. The van der Waals surface area contributed by atoms with E-state index in [9.17, 15) is 14.7 Å². The van der Waals surface area contributed by atoms with E-state index in [1.165, 1.54) is 16.7 Å². The number of carbonyl (C=O) groups excluding carboxylic acids is 2. The summed E-state index contributed by atoms with van der Waals surface area (Å²) in [4.78, 5) is 26.2. The van der Waals surface area contributed by atoms with Gasteiger partial charge in [-0.05, 0) is 23.8 Å². The number of aliphatic hydroxyl groups is 1. The summed E-state index contributed by atoms with van der Waals surface area (Å²) in [6, 6.07) is 6.80. The Morgan fingerprint density at radius 3 is 2.62 bits per heavy atom. The van der Waals surface area contributed by atoms with Gasteiger partial charge in [-0.15, -0.1) is 0 Å². The minimum absolute atomic E-state index is 0.112. The number of carbonyl (C=O) groups is 2. The van der Waals surface area contributed by atoms with Gasteiger partial charge in [0, 0.05) is 24.1 Å². The molecule has 0 spiro atoms. The normalized spacial score (nSPS) is 25.6. The lowest BCUT2D eigenvalue weighted by atomic mass is 10.1. The summed E-state index contributed by atoms with van der Waals surface area (Å²) in [5.74, 6) is 1.07. The summed E-state index contributed by atoms with van der Waals surface area (Å²) < 4.78 is 0.537. The van der Waals surface area contributed by atoms with Gasteiger partial charge in [0.2, 0.25) is 0 Å². The first kappa shape index (κ1) is 17.5. The number of thioether (sulfide) groups is 2. The van der Waals surface area contributed by atoms with E-state index in [0.717, 1.165) is 11.3 Å². The number of nitrogens with one attached hydrogen (secondary N) is 1. The average molecular weight is 381 g/mol. The van der Waals surface area contributed by atoms with Gasteiger partial charge in [0.15, 0.2) is 0 Å². The van der Waals surface area contributed by atoms with E-state index in [1.54, 1.807) is 49.2 Å². The van der Waals surface area contributed by atoms with Crippen molar-refractivity contribution in [2.24, 2.45) is 0 Å². The Morgan fingerprint density at radius 2 is 2.08 bits per heavy atom. The van der Waals surface area contributed by atoms with E-state index >= 15 is 0 Å². The third-order valence-electron chi connectivity index (χ3n) is 3.82. The van der Waals surface area contributed by atoms with E-state index in [0.29, 0.717) is 20.5 Å². The summed E-state index contributed by atoms with van der Waals surface area (Å²) in [5, 5.41) is 12.6. The fourth-order valence-corrected chi connectivity index (χ4v) is 4.71. The SMILES string of the molecule is CN1C(=O)C(=Cc2ccc(C(=O)N[C@@H]3CSC[C@@H]3O)cc2)SC1=S. The van der Waals surface area contributed by atoms with E-state index in [1.807, 2.05) is 0 Å². The molecule has 5 nitrogen and oxygen atoms in total. The molecule has 2 amide bonds. The molecular weight excluding hydrogens is 364 g/mol. The Morgan fingerprint density at radius 1 is 1.38 bits per heavy atom. The van der Waals surface area contributed by atoms with Crippen molar-refractivity contribution < 1.29 is 14.7 Å². The summed E-state index contributed by atoms with van der Waals surface area (Å²) in [6.07, 6.45) is 1.27. The zero-order valence-corrected chi connectivity index (χ0v) is 15.3. The molecule has 2 saturated heterocycles. The third-order valence-corrected chi connectivity index (χ3v) is 6.48. The van der Waals surface area contributed by atoms with Crippen LogP contribution in [0.1, 0.15) is 15.9 Å². The Kier molecular flexibility index (Phi) is 5.29. The van der Waals surface area contributed by atoms with Crippen LogP contribution in [0.25, 0.3) is 6.08 Å². The van der Waals surface area contributed by atoms with Crippen molar-refractivity contribution in [3.63, 3.8) is 0 Å². The largest absolute Gasteiger partial charge is 0.390 e. The molecule has 126 valence electrons. The number of amides is 2. The summed E-state index contributed by atoms with van der Waals surface area (Å²) >= 11 is 7.99. The molecule has 2 aliphatic rings. The Labute approximate surface area is 153 Å². The molecule has 0 radical (unpaired) electrons. The number of likely N-dealkylation sites (N-methyl/N-ethyl adjacent to an activating group) is 1. The predicted molar refractivity (Wildman–Crippen MR) is 102 cm³/mol. The minimum atomic E-state index is -0.491. The molecule has 1 aromatic carbocycles. The quantitative estimate of drug-likeness (QED) is 0.615. The molecule has 3 rings (SSSR count). The maximum absolute atomic E-state index is 12.2. The van der Waals surface area contributed by atoms with Gasteiger partial charge >= 0.3 is 0 Å². The first-order valence-electron chi connectivity index (χ1n) is 7.34. The van der Waals surface area contributed by atoms with Crippen molar-refractivity contribution in [2.45, 2.75) is 12.1 Å². The Balaban J connectivity index is 1.68. The van der Waals surface area contributed by atoms with Crippen LogP contribution in [0.3, 0.4) is 0 Å². The van der Waals surface area contributed by atoms with Gasteiger partial charge in [0.05, 0.1) is 17.1 Å². The molecule has 2 atom stereocenters. The Bertz CT molecular complexity index is 718. The highest BCUT2D eigenvalue weighted by molar-refractivity contribution is 8.26. The number of aliphatic hydroxyl groups excluding tert-OH is 1. The monoisotopic (exact) mass is 380 g/mol. The first-order chi connectivity index (χ1) is 11.5. The molecule has 2 aliphatic heterocycles. The van der Waals surface area contributed by atoms with Crippen LogP contribution in [-0.4, -0.2) is 56.8 Å². The Hall–Kier alpha value is -1.35. The van der Waals surface area contributed by atoms with Crippen molar-refractivity contribution in [1.29, 1.82) is 0 Å². The van der Waals surface area contributed by atoms with Gasteiger partial charge in [-0.1, -0.05) is 36.1 Å². The van der Waals surface area contributed by atoms with Crippen LogP contribution < -0.4 is 5.32 Å². The lowest BCUT2D eigenvalue weighted by Gasteiger charge is -2.15. The zero-order chi connectivity index (χ0) is 17.3. The fourth-order valence-electron chi connectivity index (χ4n) is 2.36. The van der Waals surface area contributed by atoms with E-state index in [4.69, 9.17) is 12.2 Å². The second-order valence-electron chi connectivity index (χ2n) is 5.55. The minimum Gasteiger partial charge on any atom is -0.390 e. The molecule has 0 aliphatic carbocycles. The third kappa shape index (κ3) is 3.66. The molecule has 0 saturated carbocycles. The van der Waals surface area contributed by atoms with Gasteiger partial charge in [0.1, 0.15) is 4.32 Å². The van der Waals surface area contributed by atoms with Crippen LogP contribution in [0, 0.1) is 0 Å². The van der Waals surface area contributed by atoms with Gasteiger partial charge in [-0.2, -0.15) is 11.8 Å². The van der Waals surface area contributed by atoms with Crippen LogP contribution in [0.5, 0.6) is 0 Å². The number of hydrogen-bond acceptors (Lipinski definition) is 6. The molecule has 1 aromatic rings. The lowest BCUT2D eigenvalue weighted by Crippen LogP contribution is -2.42. The smallest absolute Gasteiger partial charge is 0.265 e. The average Bonchev–Trinajstić information content (AvgIpc) is 3.07. The molecule has 2 heterocycles. The van der Waals surface area contributed by atoms with Crippen LogP contribution in [0.2, 0.25) is 0 Å². The second kappa shape index (κ2) is 7.26. The molecule has 0 aromatic heterocycles. The molecule has 2 N–H and O–H groups in total. The van der Waals surface area contributed by atoms with Crippen molar-refractivity contribution in [1.82, 2.24) is 10.2 Å². The van der Waals surface area contributed by atoms with Gasteiger partial charge in [-0.25, -0.2) is 0 Å². The molecule has 0 bridgehead atoms. The van der Waals surface area contributed by atoms with Crippen molar-refractivity contribution >= 4 is 58.0 Å². The van der Waals surface area contributed by atoms with Gasteiger partial charge in [0.25, 0.3) is 11.8 Å². The van der Waals surface area contributed by atoms with E-state index in [2.05, 4.69) is 5.32 Å². The van der Waals surface area contributed by atoms with E-state index in [-0.39, 0.29) is 17.9 Å². The highest BCUT2D eigenvalue weighted by Crippen LogP contribution is 2.31. The van der Waals surface area contributed by atoms with Gasteiger partial charge < -0.3 is 10.4 Å². The van der Waals surface area contributed by atoms with Crippen LogP contribution in [0.4, 0.5) is 0 Å². The number of nitrogens with zero attached hydrogens (tertiary/aromatic N) is 1. The molecule has 8 heteroatoms. The van der Waals surface area contributed by atoms with Crippen LogP contribution in [-0.2, 0) is 4.79 Å². The van der Waals surface area contributed by atoms with Crippen molar-refractivity contribution in [2.75, 3.05) is 18.6 Å². The van der Waals surface area contributed by atoms with Crippen LogP contribution in [0.15, 0.2) is 29.2 Å². The molecule has 2 fully saturated rings. The topological polar surface area (TPSA) is 69.6 Å². The number of thiocarbonyl (C=S) groups is 1. The highest BCUT2D eigenvalue weighted by Gasteiger charge is 2.29. The number of rotatable bonds is 3. The summed E-state index contributed by atoms with van der Waals surface area (Å²) in [7, 11) is 1.65. The second-order valence-corrected chi connectivity index (χ2v) is 8.30. The van der Waals surface area contributed by atoms with Gasteiger partial charge in [-0.3, -0.25) is 14.5 Å². The maximum atomic E-state index is 12.2. The molecule has 0 unspecified atom stereocenters. The predicted octanol–water partition coefficient (Wildman–Crippen LogP) is 1.72. The summed E-state index contributed by atoms with van der Waals surface area (Å²) in [6.45, 7) is 0. The lowest BCUT2D eigenvalue weighted by molar-refractivity contribution is -0.121. The molecular formula is C16H16N2O3S3. The van der Waals surface area contributed by atoms with E-state index < -0.39 is 6.10 Å². The fraction of sp³-hybridized carbons (Fsp3) is 0.312. The summed E-state index contributed by atoms with van der Waals surface area (Å²) in [5.41, 5.74) is 1.36. The number of benzene rings is 1. The standard InChI is InChI=1S/C16H16N2O3S3/c1-18-15(21)13(24-16(18)22)6-9-2-4-10(5-3-9)14(20)17-11-7-23-8-12(11)19/h2-6,11-12,19H,7-8H2,1H3,(H,17,20)/t11-,12+/m1/s1. The molecule has 24 heavy (non-hydrogen) atoms.